The Bertz CT molecular complexity index is 390. The van der Waals surface area contributed by atoms with Crippen molar-refractivity contribution >= 4 is 15.9 Å². The van der Waals surface area contributed by atoms with Gasteiger partial charge < -0.3 is 9.47 Å². The first-order chi connectivity index (χ1) is 8.09. The van der Waals surface area contributed by atoms with Gasteiger partial charge in [-0.15, -0.1) is 0 Å². The number of hydrogen-bond acceptors (Lipinski definition) is 2. The van der Waals surface area contributed by atoms with E-state index in [1.54, 1.807) is 0 Å². The third-order valence-electron chi connectivity index (χ3n) is 3.40. The van der Waals surface area contributed by atoms with Crippen LogP contribution in [0.15, 0.2) is 18.2 Å². The van der Waals surface area contributed by atoms with Crippen molar-refractivity contribution in [1.82, 2.24) is 0 Å². The average molecular weight is 299 g/mol. The predicted molar refractivity (Wildman–Crippen MR) is 73.1 cm³/mol. The van der Waals surface area contributed by atoms with E-state index in [0.29, 0.717) is 29.9 Å². The molecule has 0 spiro atoms. The molecule has 0 bridgehead atoms. The maximum atomic E-state index is 5.61. The normalized spacial score (nSPS) is 17.9. The van der Waals surface area contributed by atoms with Crippen LogP contribution in [-0.2, 0) is 0 Å². The van der Waals surface area contributed by atoms with Crippen molar-refractivity contribution < 1.29 is 9.47 Å². The molecule has 2 nitrogen and oxygen atoms in total. The minimum absolute atomic E-state index is 0.360. The SMILES string of the molecule is CC(C)C(C)C(Br)c1ccc2c(c1)OCCO2. The Kier molecular flexibility index (Phi) is 3.97. The van der Waals surface area contributed by atoms with E-state index in [9.17, 15) is 0 Å². The molecule has 1 heterocycles. The highest BCUT2D eigenvalue weighted by molar-refractivity contribution is 9.09. The molecule has 0 aromatic heterocycles. The van der Waals surface area contributed by atoms with Gasteiger partial charge in [0.15, 0.2) is 11.5 Å². The highest BCUT2D eigenvalue weighted by atomic mass is 79.9. The molecular weight excluding hydrogens is 280 g/mol. The zero-order valence-corrected chi connectivity index (χ0v) is 12.2. The van der Waals surface area contributed by atoms with Gasteiger partial charge in [0.05, 0.1) is 0 Å². The lowest BCUT2D eigenvalue weighted by Gasteiger charge is -2.24. The van der Waals surface area contributed by atoms with E-state index in [4.69, 9.17) is 9.47 Å². The molecule has 2 atom stereocenters. The van der Waals surface area contributed by atoms with Gasteiger partial charge in [-0.3, -0.25) is 0 Å². The number of halogens is 1. The summed E-state index contributed by atoms with van der Waals surface area (Å²) in [6, 6.07) is 6.21. The molecule has 1 aromatic carbocycles. The lowest BCUT2D eigenvalue weighted by atomic mass is 9.91. The zero-order chi connectivity index (χ0) is 12.4. The molecule has 0 saturated carbocycles. The van der Waals surface area contributed by atoms with Crippen LogP contribution in [0.1, 0.15) is 31.2 Å². The van der Waals surface area contributed by atoms with E-state index in [-0.39, 0.29) is 0 Å². The van der Waals surface area contributed by atoms with Crippen LogP contribution in [0.4, 0.5) is 0 Å². The summed E-state index contributed by atoms with van der Waals surface area (Å²) in [6.45, 7) is 8.05. The van der Waals surface area contributed by atoms with Crippen LogP contribution in [0.25, 0.3) is 0 Å². The van der Waals surface area contributed by atoms with Crippen molar-refractivity contribution in [2.75, 3.05) is 13.2 Å². The smallest absolute Gasteiger partial charge is 0.161 e. The zero-order valence-electron chi connectivity index (χ0n) is 10.6. The van der Waals surface area contributed by atoms with Gasteiger partial charge in [0, 0.05) is 4.83 Å². The molecule has 3 heteroatoms. The Hall–Kier alpha value is -0.700. The minimum atomic E-state index is 0.360. The second-order valence-electron chi connectivity index (χ2n) is 4.91. The summed E-state index contributed by atoms with van der Waals surface area (Å²) in [5.74, 6) is 2.95. The fraction of sp³-hybridized carbons (Fsp3) is 0.571. The summed E-state index contributed by atoms with van der Waals surface area (Å²) < 4.78 is 11.1. The Morgan fingerprint density at radius 3 is 2.35 bits per heavy atom. The first-order valence-corrected chi connectivity index (χ1v) is 7.04. The molecule has 0 fully saturated rings. The third kappa shape index (κ3) is 2.76. The highest BCUT2D eigenvalue weighted by Gasteiger charge is 2.21. The van der Waals surface area contributed by atoms with E-state index >= 15 is 0 Å². The van der Waals surface area contributed by atoms with Crippen molar-refractivity contribution in [1.29, 1.82) is 0 Å². The van der Waals surface area contributed by atoms with Gasteiger partial charge in [0.25, 0.3) is 0 Å². The summed E-state index contributed by atoms with van der Waals surface area (Å²) >= 11 is 3.78. The molecule has 0 N–H and O–H groups in total. The molecule has 0 radical (unpaired) electrons. The lowest BCUT2D eigenvalue weighted by molar-refractivity contribution is 0.171. The van der Waals surface area contributed by atoms with Gasteiger partial charge in [-0.2, -0.15) is 0 Å². The maximum Gasteiger partial charge on any atom is 0.161 e. The first-order valence-electron chi connectivity index (χ1n) is 6.13. The fourth-order valence-corrected chi connectivity index (χ4v) is 2.77. The topological polar surface area (TPSA) is 18.5 Å². The van der Waals surface area contributed by atoms with Crippen LogP contribution in [0.2, 0.25) is 0 Å². The molecule has 94 valence electrons. The van der Waals surface area contributed by atoms with Crippen molar-refractivity contribution in [2.24, 2.45) is 11.8 Å². The molecule has 17 heavy (non-hydrogen) atoms. The third-order valence-corrected chi connectivity index (χ3v) is 4.76. The molecular formula is C14H19BrO2. The molecule has 1 aliphatic heterocycles. The quantitative estimate of drug-likeness (QED) is 0.779. The van der Waals surface area contributed by atoms with Crippen LogP contribution in [-0.4, -0.2) is 13.2 Å². The maximum absolute atomic E-state index is 5.61. The van der Waals surface area contributed by atoms with Gasteiger partial charge >= 0.3 is 0 Å². The Balaban J connectivity index is 2.21. The lowest BCUT2D eigenvalue weighted by Crippen LogP contribution is -2.16. The van der Waals surface area contributed by atoms with Gasteiger partial charge in [-0.05, 0) is 29.5 Å². The van der Waals surface area contributed by atoms with Crippen molar-refractivity contribution in [2.45, 2.75) is 25.6 Å². The fourth-order valence-electron chi connectivity index (χ4n) is 1.87. The Morgan fingerprint density at radius 2 is 1.71 bits per heavy atom. The van der Waals surface area contributed by atoms with E-state index in [1.807, 2.05) is 6.07 Å². The predicted octanol–water partition coefficient (Wildman–Crippen LogP) is 4.19. The Morgan fingerprint density at radius 1 is 1.06 bits per heavy atom. The van der Waals surface area contributed by atoms with Crippen LogP contribution < -0.4 is 9.47 Å². The average Bonchev–Trinajstić information content (AvgIpc) is 2.36. The van der Waals surface area contributed by atoms with Crippen LogP contribution in [0.5, 0.6) is 11.5 Å². The minimum Gasteiger partial charge on any atom is -0.486 e. The monoisotopic (exact) mass is 298 g/mol. The van der Waals surface area contributed by atoms with E-state index in [1.165, 1.54) is 5.56 Å². The van der Waals surface area contributed by atoms with Gasteiger partial charge in [0.2, 0.25) is 0 Å². The number of fused-ring (bicyclic) bond motifs is 1. The molecule has 0 saturated heterocycles. The summed E-state index contributed by atoms with van der Waals surface area (Å²) in [6.07, 6.45) is 0. The molecule has 0 amide bonds. The molecule has 1 aliphatic rings. The van der Waals surface area contributed by atoms with Crippen molar-refractivity contribution in [3.63, 3.8) is 0 Å². The second-order valence-corrected chi connectivity index (χ2v) is 5.89. The van der Waals surface area contributed by atoms with Crippen molar-refractivity contribution in [3.8, 4) is 11.5 Å². The van der Waals surface area contributed by atoms with Crippen molar-refractivity contribution in [3.05, 3.63) is 23.8 Å². The highest BCUT2D eigenvalue weighted by Crippen LogP contribution is 2.39. The molecule has 1 aromatic rings. The summed E-state index contributed by atoms with van der Waals surface area (Å²) in [5.41, 5.74) is 1.26. The molecule has 2 unspecified atom stereocenters. The summed E-state index contributed by atoms with van der Waals surface area (Å²) in [7, 11) is 0. The number of ether oxygens (including phenoxy) is 2. The number of alkyl halides is 1. The summed E-state index contributed by atoms with van der Waals surface area (Å²) in [5, 5.41) is 0. The van der Waals surface area contributed by atoms with E-state index in [2.05, 4.69) is 48.8 Å². The van der Waals surface area contributed by atoms with E-state index in [0.717, 1.165) is 11.5 Å². The molecule has 2 rings (SSSR count). The second kappa shape index (κ2) is 5.30. The largest absolute Gasteiger partial charge is 0.486 e. The number of benzene rings is 1. The number of rotatable bonds is 3. The van der Waals surface area contributed by atoms with Crippen LogP contribution >= 0.6 is 15.9 Å². The Labute approximate surface area is 111 Å². The van der Waals surface area contributed by atoms with Gasteiger partial charge in [-0.25, -0.2) is 0 Å². The van der Waals surface area contributed by atoms with Crippen LogP contribution in [0.3, 0.4) is 0 Å². The van der Waals surface area contributed by atoms with E-state index < -0.39 is 0 Å². The summed E-state index contributed by atoms with van der Waals surface area (Å²) in [4.78, 5) is 0.360. The standard InChI is InChI=1S/C14H19BrO2/c1-9(2)10(3)14(15)11-4-5-12-13(8-11)17-7-6-16-12/h4-5,8-10,14H,6-7H2,1-3H3. The molecule has 0 aliphatic carbocycles. The van der Waals surface area contributed by atoms with Gasteiger partial charge in [-0.1, -0.05) is 42.8 Å². The van der Waals surface area contributed by atoms with Gasteiger partial charge in [0.1, 0.15) is 13.2 Å². The number of hydrogen-bond donors (Lipinski definition) is 0. The first kappa shape index (κ1) is 12.7. The van der Waals surface area contributed by atoms with Crippen LogP contribution in [0, 0.1) is 11.8 Å².